The van der Waals surface area contributed by atoms with E-state index in [0.717, 1.165) is 28.1 Å². The van der Waals surface area contributed by atoms with Crippen molar-refractivity contribution in [2.75, 3.05) is 11.9 Å². The van der Waals surface area contributed by atoms with Crippen molar-refractivity contribution in [3.8, 4) is 0 Å². The molecule has 1 rings (SSSR count). The quantitative estimate of drug-likeness (QED) is 0.798. The van der Waals surface area contributed by atoms with Crippen LogP contribution in [0.4, 0.5) is 5.69 Å². The third kappa shape index (κ3) is 3.35. The monoisotopic (exact) mass is 273 g/mol. The molecule has 0 heterocycles. The molecule has 0 spiro atoms. The van der Waals surface area contributed by atoms with Gasteiger partial charge < -0.3 is 5.32 Å². The van der Waals surface area contributed by atoms with E-state index in [1.165, 1.54) is 5.57 Å². The number of rotatable bonds is 4. The Morgan fingerprint density at radius 2 is 2.29 bits per heavy atom. The lowest BCUT2D eigenvalue weighted by molar-refractivity contribution is 1.05. The first-order valence-electron chi connectivity index (χ1n) is 4.49. The molecule has 0 aromatic heterocycles. The average Bonchev–Trinajstić information content (AvgIpc) is 2.16. The summed E-state index contributed by atoms with van der Waals surface area (Å²) >= 11 is 9.27. The third-order valence-corrected chi connectivity index (χ3v) is 2.85. The minimum absolute atomic E-state index is 0.733. The van der Waals surface area contributed by atoms with Gasteiger partial charge in [-0.1, -0.05) is 30.7 Å². The van der Waals surface area contributed by atoms with E-state index in [1.54, 1.807) is 0 Å². The lowest BCUT2D eigenvalue weighted by Gasteiger charge is -2.09. The van der Waals surface area contributed by atoms with Gasteiger partial charge in [-0.05, 0) is 40.5 Å². The topological polar surface area (TPSA) is 12.0 Å². The molecule has 1 N–H and O–H groups in total. The highest BCUT2D eigenvalue weighted by molar-refractivity contribution is 9.10. The van der Waals surface area contributed by atoms with E-state index in [4.69, 9.17) is 11.6 Å². The zero-order valence-electron chi connectivity index (χ0n) is 8.11. The number of anilines is 1. The van der Waals surface area contributed by atoms with Gasteiger partial charge in [-0.15, -0.1) is 0 Å². The molecule has 0 radical (unpaired) electrons. The predicted octanol–water partition coefficient (Wildman–Crippen LogP) is 4.48. The fraction of sp³-hybridized carbons (Fsp3) is 0.273. The second-order valence-electron chi connectivity index (χ2n) is 3.08. The van der Waals surface area contributed by atoms with Gasteiger partial charge >= 0.3 is 0 Å². The minimum Gasteiger partial charge on any atom is -0.380 e. The first-order valence-corrected chi connectivity index (χ1v) is 5.66. The number of halogens is 2. The average molecular weight is 275 g/mol. The van der Waals surface area contributed by atoms with Crippen molar-refractivity contribution in [1.29, 1.82) is 0 Å². The van der Waals surface area contributed by atoms with Crippen LogP contribution in [-0.4, -0.2) is 6.54 Å². The Kier molecular flexibility index (Phi) is 4.49. The highest BCUT2D eigenvalue weighted by atomic mass is 79.9. The van der Waals surface area contributed by atoms with Crippen LogP contribution >= 0.6 is 27.5 Å². The van der Waals surface area contributed by atoms with Crippen LogP contribution in [0.25, 0.3) is 0 Å². The minimum atomic E-state index is 0.733. The van der Waals surface area contributed by atoms with Crippen LogP contribution in [0.1, 0.15) is 13.3 Å². The van der Waals surface area contributed by atoms with Gasteiger partial charge in [0.05, 0.1) is 0 Å². The van der Waals surface area contributed by atoms with E-state index in [0.29, 0.717) is 0 Å². The van der Waals surface area contributed by atoms with Crippen molar-refractivity contribution in [2.45, 2.75) is 13.3 Å². The molecule has 0 atom stereocenters. The molecule has 0 amide bonds. The van der Waals surface area contributed by atoms with E-state index < -0.39 is 0 Å². The summed E-state index contributed by atoms with van der Waals surface area (Å²) in [7, 11) is 0. The summed E-state index contributed by atoms with van der Waals surface area (Å²) in [6, 6.07) is 5.69. The molecule has 0 aliphatic rings. The molecular weight excluding hydrogens is 261 g/mol. The van der Waals surface area contributed by atoms with Crippen molar-refractivity contribution in [3.05, 3.63) is 39.8 Å². The predicted molar refractivity (Wildman–Crippen MR) is 67.1 cm³/mol. The summed E-state index contributed by atoms with van der Waals surface area (Å²) in [6.45, 7) is 6.83. The van der Waals surface area contributed by atoms with E-state index in [1.807, 2.05) is 18.2 Å². The Morgan fingerprint density at radius 1 is 1.57 bits per heavy atom. The van der Waals surface area contributed by atoms with Gasteiger partial charge in [0.1, 0.15) is 0 Å². The molecule has 0 saturated heterocycles. The largest absolute Gasteiger partial charge is 0.380 e. The molecule has 1 nitrogen and oxygen atoms in total. The number of hydrogen-bond donors (Lipinski definition) is 1. The van der Waals surface area contributed by atoms with Gasteiger partial charge in [0.25, 0.3) is 0 Å². The Morgan fingerprint density at radius 3 is 2.86 bits per heavy atom. The Bertz CT molecular complexity index is 336. The van der Waals surface area contributed by atoms with E-state index in [9.17, 15) is 0 Å². The highest BCUT2D eigenvalue weighted by Crippen LogP contribution is 2.25. The second kappa shape index (κ2) is 5.42. The zero-order valence-corrected chi connectivity index (χ0v) is 10.5. The molecular formula is C11H13BrClN. The van der Waals surface area contributed by atoms with Crippen LogP contribution in [0.3, 0.4) is 0 Å². The van der Waals surface area contributed by atoms with Gasteiger partial charge in [-0.2, -0.15) is 0 Å². The molecule has 14 heavy (non-hydrogen) atoms. The smallest absolute Gasteiger partial charge is 0.0488 e. The number of hydrogen-bond acceptors (Lipinski definition) is 1. The van der Waals surface area contributed by atoms with Gasteiger partial charge in [-0.25, -0.2) is 0 Å². The summed E-state index contributed by atoms with van der Waals surface area (Å²) < 4.78 is 0.980. The standard InChI is InChI=1S/C11H13BrClN/c1-3-8(2)7-14-11-5-4-9(13)6-10(11)12/h4-6,14H,2-3,7H2,1H3. The Hall–Kier alpha value is -0.470. The van der Waals surface area contributed by atoms with Crippen molar-refractivity contribution in [1.82, 2.24) is 0 Å². The SMILES string of the molecule is C=C(CC)CNc1ccc(Cl)cc1Br. The number of benzene rings is 1. The van der Waals surface area contributed by atoms with Crippen molar-refractivity contribution >= 4 is 33.2 Å². The maximum Gasteiger partial charge on any atom is 0.0488 e. The molecule has 0 bridgehead atoms. The van der Waals surface area contributed by atoms with Gasteiger partial charge in [0.2, 0.25) is 0 Å². The summed E-state index contributed by atoms with van der Waals surface area (Å²) in [5.74, 6) is 0. The first kappa shape index (κ1) is 11.6. The molecule has 0 aliphatic carbocycles. The lowest BCUT2D eigenvalue weighted by Crippen LogP contribution is -2.03. The van der Waals surface area contributed by atoms with Crippen molar-refractivity contribution in [3.63, 3.8) is 0 Å². The van der Waals surface area contributed by atoms with Crippen LogP contribution in [0.5, 0.6) is 0 Å². The second-order valence-corrected chi connectivity index (χ2v) is 4.37. The van der Waals surface area contributed by atoms with Crippen LogP contribution in [0, 0.1) is 0 Å². The zero-order chi connectivity index (χ0) is 10.6. The molecule has 1 aromatic carbocycles. The lowest BCUT2D eigenvalue weighted by atomic mass is 10.2. The van der Waals surface area contributed by atoms with E-state index >= 15 is 0 Å². The maximum atomic E-state index is 5.83. The summed E-state index contributed by atoms with van der Waals surface area (Å²) in [5.41, 5.74) is 2.23. The maximum absolute atomic E-state index is 5.83. The molecule has 0 aliphatic heterocycles. The Labute approximate surface area is 98.3 Å². The highest BCUT2D eigenvalue weighted by Gasteiger charge is 1.99. The van der Waals surface area contributed by atoms with Crippen molar-refractivity contribution < 1.29 is 0 Å². The van der Waals surface area contributed by atoms with Crippen LogP contribution in [0.15, 0.2) is 34.8 Å². The molecule has 3 heteroatoms. The first-order chi connectivity index (χ1) is 6.63. The molecule has 0 unspecified atom stereocenters. The van der Waals surface area contributed by atoms with Crippen LogP contribution in [-0.2, 0) is 0 Å². The van der Waals surface area contributed by atoms with Gasteiger partial charge in [0, 0.05) is 21.7 Å². The normalized spacial score (nSPS) is 9.93. The van der Waals surface area contributed by atoms with Crippen LogP contribution in [0.2, 0.25) is 5.02 Å². The number of nitrogens with one attached hydrogen (secondary N) is 1. The molecule has 0 saturated carbocycles. The fourth-order valence-electron chi connectivity index (χ4n) is 0.978. The fourth-order valence-corrected chi connectivity index (χ4v) is 1.80. The van der Waals surface area contributed by atoms with Gasteiger partial charge in [0.15, 0.2) is 0 Å². The Balaban J connectivity index is 2.63. The third-order valence-electron chi connectivity index (χ3n) is 1.96. The van der Waals surface area contributed by atoms with E-state index in [-0.39, 0.29) is 0 Å². The summed E-state index contributed by atoms with van der Waals surface area (Å²) in [6.07, 6.45) is 0.998. The molecule has 76 valence electrons. The summed E-state index contributed by atoms with van der Waals surface area (Å²) in [5, 5.41) is 4.02. The van der Waals surface area contributed by atoms with E-state index in [2.05, 4.69) is 34.7 Å². The van der Waals surface area contributed by atoms with Crippen LogP contribution < -0.4 is 5.32 Å². The summed E-state index contributed by atoms with van der Waals surface area (Å²) in [4.78, 5) is 0. The van der Waals surface area contributed by atoms with Crippen molar-refractivity contribution in [2.24, 2.45) is 0 Å². The molecule has 0 fully saturated rings. The molecule has 1 aromatic rings. The van der Waals surface area contributed by atoms with Gasteiger partial charge in [-0.3, -0.25) is 0 Å².